The van der Waals surface area contributed by atoms with Gasteiger partial charge in [-0.05, 0) is 23.8 Å². The molecule has 25 heavy (non-hydrogen) atoms. The Bertz CT molecular complexity index is 811. The average Bonchev–Trinajstić information content (AvgIpc) is 3.06. The molecule has 0 bridgehead atoms. The standard InChI is InChI=1S/C18H16O7/c1-23-17(20)7-12(10-2-4-11(5-3-10)18(21)22)13-6-15-16(8-14(13)19)25-9-24-15/h2-6,8,12,19H,7,9H2,1H3,(H,21,22)/t12-/m1/s1. The Morgan fingerprint density at radius 2 is 1.80 bits per heavy atom. The van der Waals surface area contributed by atoms with Crippen molar-refractivity contribution in [1.82, 2.24) is 0 Å². The summed E-state index contributed by atoms with van der Waals surface area (Å²) in [6, 6.07) is 9.18. The van der Waals surface area contributed by atoms with Crippen LogP contribution in [0.15, 0.2) is 36.4 Å². The average molecular weight is 344 g/mol. The molecule has 130 valence electrons. The summed E-state index contributed by atoms with van der Waals surface area (Å²) in [6.07, 6.45) is -0.0177. The molecule has 0 unspecified atom stereocenters. The second-order valence-electron chi connectivity index (χ2n) is 5.52. The van der Waals surface area contributed by atoms with Crippen LogP contribution in [0.4, 0.5) is 0 Å². The Hall–Kier alpha value is -3.22. The fourth-order valence-corrected chi connectivity index (χ4v) is 2.74. The predicted octanol–water partition coefficient (Wildman–Crippen LogP) is 2.51. The van der Waals surface area contributed by atoms with Gasteiger partial charge in [-0.2, -0.15) is 0 Å². The molecule has 0 saturated heterocycles. The number of hydrogen-bond donors (Lipinski definition) is 2. The predicted molar refractivity (Wildman–Crippen MR) is 86.1 cm³/mol. The molecule has 1 aliphatic rings. The van der Waals surface area contributed by atoms with Gasteiger partial charge in [0.15, 0.2) is 11.5 Å². The summed E-state index contributed by atoms with van der Waals surface area (Å²) in [5, 5.41) is 19.4. The molecule has 0 saturated carbocycles. The molecule has 0 aromatic heterocycles. The van der Waals surface area contributed by atoms with Crippen molar-refractivity contribution in [3.63, 3.8) is 0 Å². The highest BCUT2D eigenvalue weighted by atomic mass is 16.7. The summed E-state index contributed by atoms with van der Waals surface area (Å²) >= 11 is 0. The molecule has 0 spiro atoms. The van der Waals surface area contributed by atoms with Crippen molar-refractivity contribution in [2.45, 2.75) is 12.3 Å². The molecular weight excluding hydrogens is 328 g/mol. The summed E-state index contributed by atoms with van der Waals surface area (Å²) in [5.74, 6) is -1.15. The van der Waals surface area contributed by atoms with Crippen molar-refractivity contribution < 1.29 is 34.0 Å². The molecule has 1 atom stereocenters. The number of aromatic hydroxyl groups is 1. The molecule has 0 fully saturated rings. The van der Waals surface area contributed by atoms with Crippen molar-refractivity contribution in [2.75, 3.05) is 13.9 Å². The number of ether oxygens (including phenoxy) is 3. The highest BCUT2D eigenvalue weighted by molar-refractivity contribution is 5.87. The summed E-state index contributed by atoms with van der Waals surface area (Å²) in [5.41, 5.74) is 1.28. The third-order valence-electron chi connectivity index (χ3n) is 4.06. The maximum atomic E-state index is 11.8. The minimum atomic E-state index is -1.04. The van der Waals surface area contributed by atoms with Gasteiger partial charge >= 0.3 is 11.9 Å². The Morgan fingerprint density at radius 3 is 2.40 bits per heavy atom. The molecule has 3 rings (SSSR count). The zero-order valence-corrected chi connectivity index (χ0v) is 13.4. The number of esters is 1. The number of aromatic carboxylic acids is 1. The van der Waals surface area contributed by atoms with E-state index in [1.165, 1.54) is 25.3 Å². The van der Waals surface area contributed by atoms with Crippen LogP contribution in [0.2, 0.25) is 0 Å². The SMILES string of the molecule is COC(=O)C[C@H](c1ccc(C(=O)O)cc1)c1cc2c(cc1O)OCO2. The van der Waals surface area contributed by atoms with Crippen LogP contribution >= 0.6 is 0 Å². The number of fused-ring (bicyclic) bond motifs is 1. The van der Waals surface area contributed by atoms with Crippen LogP contribution < -0.4 is 9.47 Å². The van der Waals surface area contributed by atoms with E-state index >= 15 is 0 Å². The van der Waals surface area contributed by atoms with E-state index in [1.807, 2.05) is 0 Å². The van der Waals surface area contributed by atoms with Crippen molar-refractivity contribution in [2.24, 2.45) is 0 Å². The van der Waals surface area contributed by atoms with E-state index < -0.39 is 17.9 Å². The van der Waals surface area contributed by atoms with Gasteiger partial charge in [0.2, 0.25) is 6.79 Å². The highest BCUT2D eigenvalue weighted by Gasteiger charge is 2.26. The molecular formula is C18H16O7. The Morgan fingerprint density at radius 1 is 1.16 bits per heavy atom. The van der Waals surface area contributed by atoms with Gasteiger partial charge in [0.25, 0.3) is 0 Å². The van der Waals surface area contributed by atoms with Gasteiger partial charge in [-0.1, -0.05) is 12.1 Å². The third-order valence-corrected chi connectivity index (χ3v) is 4.06. The Kier molecular flexibility index (Phi) is 4.47. The molecule has 0 aliphatic carbocycles. The van der Waals surface area contributed by atoms with Gasteiger partial charge in [-0.25, -0.2) is 4.79 Å². The van der Waals surface area contributed by atoms with Crippen LogP contribution in [0.3, 0.4) is 0 Å². The Labute approximate surface area is 143 Å². The van der Waals surface area contributed by atoms with Crippen LogP contribution in [-0.4, -0.2) is 36.1 Å². The third kappa shape index (κ3) is 3.35. The number of methoxy groups -OCH3 is 1. The fourth-order valence-electron chi connectivity index (χ4n) is 2.74. The summed E-state index contributed by atoms with van der Waals surface area (Å²) in [7, 11) is 1.28. The van der Waals surface area contributed by atoms with E-state index in [0.29, 0.717) is 22.6 Å². The molecule has 1 aliphatic heterocycles. The lowest BCUT2D eigenvalue weighted by atomic mass is 9.87. The zero-order chi connectivity index (χ0) is 18.0. The lowest BCUT2D eigenvalue weighted by Crippen LogP contribution is -2.11. The van der Waals surface area contributed by atoms with Crippen LogP contribution in [0.5, 0.6) is 17.2 Å². The maximum Gasteiger partial charge on any atom is 0.335 e. The van der Waals surface area contributed by atoms with Crippen molar-refractivity contribution in [3.8, 4) is 17.2 Å². The first-order chi connectivity index (χ1) is 12.0. The quantitative estimate of drug-likeness (QED) is 0.803. The smallest absolute Gasteiger partial charge is 0.335 e. The number of carboxylic acid groups (broad SMARTS) is 1. The zero-order valence-electron chi connectivity index (χ0n) is 13.4. The van der Waals surface area contributed by atoms with E-state index in [-0.39, 0.29) is 24.5 Å². The van der Waals surface area contributed by atoms with Gasteiger partial charge in [0, 0.05) is 17.5 Å². The highest BCUT2D eigenvalue weighted by Crippen LogP contribution is 2.43. The number of carbonyl (C=O) groups excluding carboxylic acids is 1. The largest absolute Gasteiger partial charge is 0.508 e. The number of hydrogen-bond acceptors (Lipinski definition) is 6. The minimum absolute atomic E-state index is 0.0177. The topological polar surface area (TPSA) is 102 Å². The van der Waals surface area contributed by atoms with Crippen LogP contribution in [0, 0.1) is 0 Å². The van der Waals surface area contributed by atoms with Crippen molar-refractivity contribution >= 4 is 11.9 Å². The van der Waals surface area contributed by atoms with Crippen LogP contribution in [0.25, 0.3) is 0 Å². The van der Waals surface area contributed by atoms with E-state index in [4.69, 9.17) is 19.3 Å². The first-order valence-corrected chi connectivity index (χ1v) is 7.52. The lowest BCUT2D eigenvalue weighted by Gasteiger charge is -2.19. The van der Waals surface area contributed by atoms with Gasteiger partial charge in [-0.15, -0.1) is 0 Å². The molecule has 7 nitrogen and oxygen atoms in total. The number of benzene rings is 2. The van der Waals surface area contributed by atoms with E-state index in [1.54, 1.807) is 18.2 Å². The number of rotatable bonds is 5. The lowest BCUT2D eigenvalue weighted by molar-refractivity contribution is -0.140. The van der Waals surface area contributed by atoms with E-state index in [2.05, 4.69) is 0 Å². The number of phenolic OH excluding ortho intramolecular Hbond substituents is 1. The number of carboxylic acids is 1. The minimum Gasteiger partial charge on any atom is -0.508 e. The molecule has 1 heterocycles. The second kappa shape index (κ2) is 6.72. The molecule has 7 heteroatoms. The van der Waals surface area contributed by atoms with Gasteiger partial charge in [0.1, 0.15) is 5.75 Å². The summed E-state index contributed by atoms with van der Waals surface area (Å²) in [4.78, 5) is 22.8. The fraction of sp³-hybridized carbons (Fsp3) is 0.222. The Balaban J connectivity index is 2.03. The number of carbonyl (C=O) groups is 2. The van der Waals surface area contributed by atoms with Crippen molar-refractivity contribution in [1.29, 1.82) is 0 Å². The normalized spacial score (nSPS) is 13.3. The van der Waals surface area contributed by atoms with Crippen LogP contribution in [-0.2, 0) is 9.53 Å². The molecule has 2 aromatic rings. The number of phenols is 1. The van der Waals surface area contributed by atoms with Gasteiger partial charge < -0.3 is 24.4 Å². The van der Waals surface area contributed by atoms with E-state index in [0.717, 1.165) is 0 Å². The van der Waals surface area contributed by atoms with Crippen LogP contribution in [0.1, 0.15) is 33.8 Å². The van der Waals surface area contributed by atoms with Crippen molar-refractivity contribution in [3.05, 3.63) is 53.1 Å². The van der Waals surface area contributed by atoms with E-state index in [9.17, 15) is 14.7 Å². The van der Waals surface area contributed by atoms with Gasteiger partial charge in [0.05, 0.1) is 19.1 Å². The second-order valence-corrected chi connectivity index (χ2v) is 5.52. The van der Waals surface area contributed by atoms with Gasteiger partial charge in [-0.3, -0.25) is 4.79 Å². The molecule has 0 amide bonds. The monoisotopic (exact) mass is 344 g/mol. The molecule has 2 aromatic carbocycles. The molecule has 2 N–H and O–H groups in total. The summed E-state index contributed by atoms with van der Waals surface area (Å²) in [6.45, 7) is 0.0627. The first-order valence-electron chi connectivity index (χ1n) is 7.52. The first kappa shape index (κ1) is 16.6. The summed E-state index contributed by atoms with van der Waals surface area (Å²) < 4.78 is 15.3. The maximum absolute atomic E-state index is 11.8. The molecule has 0 radical (unpaired) electrons.